The lowest BCUT2D eigenvalue weighted by Gasteiger charge is -1.84. The maximum atomic E-state index is 5.14. The normalized spacial score (nSPS) is 10.5. The van der Waals surface area contributed by atoms with Crippen LogP contribution in [-0.4, -0.2) is 0 Å². The Labute approximate surface area is 58.7 Å². The number of pyridine rings is 1. The number of nitrogens with zero attached hydrogens (tertiary/aromatic N) is 1. The van der Waals surface area contributed by atoms with Gasteiger partial charge in [-0.1, -0.05) is 0 Å². The smallest absolute Gasteiger partial charge is 0.251 e. The number of hydrogen-bond donors (Lipinski definition) is 0. The van der Waals surface area contributed by atoms with Gasteiger partial charge in [-0.15, -0.1) is 0 Å². The van der Waals surface area contributed by atoms with Crippen molar-refractivity contribution in [3.8, 4) is 0 Å². The van der Waals surface area contributed by atoms with Crippen LogP contribution >= 0.6 is 0 Å². The van der Waals surface area contributed by atoms with Crippen LogP contribution in [0.25, 0.3) is 11.1 Å². The Morgan fingerprint density at radius 3 is 3.10 bits per heavy atom. The van der Waals surface area contributed by atoms with E-state index in [1.165, 1.54) is 0 Å². The molecule has 0 aromatic carbocycles. The van der Waals surface area contributed by atoms with Gasteiger partial charge in [0.25, 0.3) is 5.52 Å². The fourth-order valence-electron chi connectivity index (χ4n) is 0.991. The molecule has 0 unspecified atom stereocenters. The first kappa shape index (κ1) is 5.47. The molecule has 0 saturated carbocycles. The van der Waals surface area contributed by atoms with Gasteiger partial charge >= 0.3 is 0 Å². The van der Waals surface area contributed by atoms with Crippen LogP contribution in [0, 0.1) is 7.05 Å². The predicted molar refractivity (Wildman–Crippen MR) is 37.2 cm³/mol. The molecule has 2 aromatic heterocycles. The van der Waals surface area contributed by atoms with Crippen LogP contribution in [-0.2, 0) is 0 Å². The molecule has 2 heterocycles. The molecule has 2 aromatic rings. The summed E-state index contributed by atoms with van der Waals surface area (Å²) in [6.07, 6.45) is 3.55. The highest BCUT2D eigenvalue weighted by Crippen LogP contribution is 2.08. The summed E-state index contributed by atoms with van der Waals surface area (Å²) in [4.78, 5) is 0. The highest BCUT2D eigenvalue weighted by Gasteiger charge is 2.04. The van der Waals surface area contributed by atoms with Crippen molar-refractivity contribution in [2.24, 2.45) is 0 Å². The average Bonchev–Trinajstić information content (AvgIpc) is 2.36. The van der Waals surface area contributed by atoms with E-state index in [1.807, 2.05) is 24.4 Å². The Kier molecular flexibility index (Phi) is 1.01. The molecule has 0 aliphatic carbocycles. The lowest BCUT2D eigenvalue weighted by atomic mass is 10.4. The first-order valence-corrected chi connectivity index (χ1v) is 3.07. The molecule has 2 heteroatoms. The Morgan fingerprint density at radius 2 is 2.30 bits per heavy atom. The van der Waals surface area contributed by atoms with Gasteiger partial charge in [0.1, 0.15) is 0 Å². The minimum Gasteiger partial charge on any atom is -0.458 e. The van der Waals surface area contributed by atoms with Gasteiger partial charge in [-0.05, 0) is 6.07 Å². The molecule has 0 amide bonds. The Morgan fingerprint density at radius 1 is 1.40 bits per heavy atom. The maximum absolute atomic E-state index is 5.14. The molecule has 0 aliphatic rings. The second-order valence-corrected chi connectivity index (χ2v) is 2.15. The van der Waals surface area contributed by atoms with Gasteiger partial charge in [-0.2, -0.15) is 4.57 Å². The Bertz CT molecular complexity index is 351. The summed E-state index contributed by atoms with van der Waals surface area (Å²) in [5.41, 5.74) is 1.89. The van der Waals surface area contributed by atoms with Gasteiger partial charge in [0.15, 0.2) is 11.8 Å². The summed E-state index contributed by atoms with van der Waals surface area (Å²) in [6, 6.07) is 5.71. The van der Waals surface area contributed by atoms with E-state index in [1.54, 1.807) is 10.8 Å². The number of aromatic nitrogens is 1. The number of fused-ring (bicyclic) bond motifs is 1. The first-order chi connectivity index (χ1) is 4.88. The lowest BCUT2D eigenvalue weighted by Crippen LogP contribution is -2.24. The summed E-state index contributed by atoms with van der Waals surface area (Å²) in [6.45, 7) is 0. The van der Waals surface area contributed by atoms with Crippen LogP contribution in [0.1, 0.15) is 0 Å². The van der Waals surface area contributed by atoms with E-state index in [2.05, 4.69) is 7.05 Å². The number of furan rings is 1. The van der Waals surface area contributed by atoms with Gasteiger partial charge in [0.2, 0.25) is 7.05 Å². The molecule has 2 rings (SSSR count). The van der Waals surface area contributed by atoms with Crippen LogP contribution in [0.3, 0.4) is 0 Å². The van der Waals surface area contributed by atoms with Crippen LogP contribution < -0.4 is 4.57 Å². The summed E-state index contributed by atoms with van der Waals surface area (Å²) >= 11 is 0. The van der Waals surface area contributed by atoms with E-state index in [0.29, 0.717) is 0 Å². The summed E-state index contributed by atoms with van der Waals surface area (Å²) in [5.74, 6) is 0. The Balaban J connectivity index is 2.95. The maximum Gasteiger partial charge on any atom is 0.251 e. The monoisotopic (exact) mass is 133 g/mol. The number of hydrogen-bond acceptors (Lipinski definition) is 1. The lowest BCUT2D eigenvalue weighted by molar-refractivity contribution is -0.584. The Hall–Kier alpha value is -1.31. The van der Waals surface area contributed by atoms with E-state index in [4.69, 9.17) is 4.42 Å². The third-order valence-corrected chi connectivity index (χ3v) is 1.50. The number of rotatable bonds is 0. The molecule has 0 atom stereocenters. The molecule has 49 valence electrons. The SMILES string of the molecule is [CH2][n+]1cccc2occc21. The standard InChI is InChI=1S/C8H7NO/c1-9-5-2-3-8-7(9)4-6-10-8/h2-6H,1H2/q+1. The van der Waals surface area contributed by atoms with E-state index in [-0.39, 0.29) is 0 Å². The van der Waals surface area contributed by atoms with Crippen LogP contribution in [0.5, 0.6) is 0 Å². The van der Waals surface area contributed by atoms with Crippen molar-refractivity contribution in [1.82, 2.24) is 0 Å². The molecule has 0 aliphatic heterocycles. The predicted octanol–water partition coefficient (Wildman–Crippen LogP) is 1.36. The van der Waals surface area contributed by atoms with Crippen molar-refractivity contribution in [3.63, 3.8) is 0 Å². The molecule has 0 saturated heterocycles. The minimum atomic E-state index is 0.873. The van der Waals surface area contributed by atoms with Crippen molar-refractivity contribution >= 4 is 11.1 Å². The zero-order chi connectivity index (χ0) is 6.97. The molecular formula is C8H7NO+. The van der Waals surface area contributed by atoms with E-state index < -0.39 is 0 Å². The molecule has 10 heavy (non-hydrogen) atoms. The van der Waals surface area contributed by atoms with Gasteiger partial charge in [0, 0.05) is 12.1 Å². The largest absolute Gasteiger partial charge is 0.458 e. The van der Waals surface area contributed by atoms with Crippen molar-refractivity contribution in [2.45, 2.75) is 0 Å². The zero-order valence-corrected chi connectivity index (χ0v) is 5.45. The van der Waals surface area contributed by atoms with Crippen molar-refractivity contribution in [3.05, 3.63) is 37.7 Å². The minimum absolute atomic E-state index is 0.873. The quantitative estimate of drug-likeness (QED) is 0.496. The molecule has 0 fully saturated rings. The van der Waals surface area contributed by atoms with Crippen LogP contribution in [0.4, 0.5) is 0 Å². The zero-order valence-electron chi connectivity index (χ0n) is 5.45. The first-order valence-electron chi connectivity index (χ1n) is 3.07. The third-order valence-electron chi connectivity index (χ3n) is 1.50. The molecule has 1 radical (unpaired) electrons. The van der Waals surface area contributed by atoms with E-state index >= 15 is 0 Å². The molecule has 2 nitrogen and oxygen atoms in total. The van der Waals surface area contributed by atoms with Gasteiger partial charge in [-0.3, -0.25) is 0 Å². The van der Waals surface area contributed by atoms with Crippen LogP contribution in [0.2, 0.25) is 0 Å². The fraction of sp³-hybridized carbons (Fsp3) is 0. The molecule has 0 spiro atoms. The van der Waals surface area contributed by atoms with Crippen molar-refractivity contribution in [1.29, 1.82) is 0 Å². The second-order valence-electron chi connectivity index (χ2n) is 2.15. The topological polar surface area (TPSA) is 17.0 Å². The van der Waals surface area contributed by atoms with Crippen molar-refractivity contribution < 1.29 is 8.98 Å². The summed E-state index contributed by atoms with van der Waals surface area (Å²) in [5, 5.41) is 0. The third kappa shape index (κ3) is 0.620. The molecule has 0 bridgehead atoms. The van der Waals surface area contributed by atoms with Gasteiger partial charge in [0.05, 0.1) is 6.26 Å². The molecule has 0 N–H and O–H groups in total. The van der Waals surface area contributed by atoms with Crippen LogP contribution in [0.15, 0.2) is 35.1 Å². The second kappa shape index (κ2) is 1.84. The summed E-state index contributed by atoms with van der Waals surface area (Å²) < 4.78 is 6.91. The average molecular weight is 133 g/mol. The highest BCUT2D eigenvalue weighted by atomic mass is 16.3. The van der Waals surface area contributed by atoms with Gasteiger partial charge < -0.3 is 4.42 Å². The molecular weight excluding hydrogens is 126 g/mol. The van der Waals surface area contributed by atoms with E-state index in [9.17, 15) is 0 Å². The van der Waals surface area contributed by atoms with Crippen molar-refractivity contribution in [2.75, 3.05) is 0 Å². The van der Waals surface area contributed by atoms with Gasteiger partial charge in [-0.25, -0.2) is 0 Å². The summed E-state index contributed by atoms with van der Waals surface area (Å²) in [7, 11) is 3.78. The van der Waals surface area contributed by atoms with E-state index in [0.717, 1.165) is 11.1 Å². The highest BCUT2D eigenvalue weighted by molar-refractivity contribution is 5.67. The fourth-order valence-corrected chi connectivity index (χ4v) is 0.991.